The van der Waals surface area contributed by atoms with E-state index in [1.807, 2.05) is 0 Å². The Morgan fingerprint density at radius 2 is 1.84 bits per heavy atom. The minimum Gasteiger partial charge on any atom is -0.480 e. The van der Waals surface area contributed by atoms with Gasteiger partial charge in [0.2, 0.25) is 0 Å². The summed E-state index contributed by atoms with van der Waals surface area (Å²) >= 11 is 0. The molecule has 0 radical (unpaired) electrons. The topological polar surface area (TPSA) is 121 Å². The smallest absolute Gasteiger partial charge is 0.328 e. The summed E-state index contributed by atoms with van der Waals surface area (Å²) in [6.45, 7) is 2.75. The number of aryl methyl sites for hydroxylation is 1. The molecular weight excluding hydrogens is 352 g/mol. The first kappa shape index (κ1) is 18.9. The van der Waals surface area contributed by atoms with E-state index in [0.29, 0.717) is 4.90 Å². The van der Waals surface area contributed by atoms with Gasteiger partial charge in [-0.05, 0) is 26.0 Å². The van der Waals surface area contributed by atoms with Crippen molar-refractivity contribution in [2.75, 3.05) is 13.6 Å². The van der Waals surface area contributed by atoms with Gasteiger partial charge in [-0.15, -0.1) is 0 Å². The molecule has 1 fully saturated rings. The van der Waals surface area contributed by atoms with Gasteiger partial charge in [-0.1, -0.05) is 17.7 Å². The monoisotopic (exact) mass is 370 g/mol. The number of carbonyl (C=O) groups is 3. The minimum absolute atomic E-state index is 0.141. The average Bonchev–Trinajstić information content (AvgIpc) is 2.82. The van der Waals surface area contributed by atoms with Crippen molar-refractivity contribution in [3.8, 4) is 0 Å². The van der Waals surface area contributed by atoms with Gasteiger partial charge in [-0.2, -0.15) is 8.42 Å². The number of nitrogens with zero attached hydrogens (tertiary/aromatic N) is 2. The third kappa shape index (κ3) is 3.80. The molecule has 2 atom stereocenters. The number of imide groups is 1. The maximum absolute atomic E-state index is 12.4. The van der Waals surface area contributed by atoms with Crippen molar-refractivity contribution in [1.29, 1.82) is 0 Å². The zero-order chi connectivity index (χ0) is 18.9. The van der Waals surface area contributed by atoms with E-state index >= 15 is 0 Å². The second-order valence-electron chi connectivity index (χ2n) is 5.73. The first-order valence-corrected chi connectivity index (χ1v) is 8.76. The van der Waals surface area contributed by atoms with Gasteiger partial charge in [0.25, 0.3) is 16.0 Å². The van der Waals surface area contributed by atoms with Crippen LogP contribution in [0.25, 0.3) is 0 Å². The van der Waals surface area contributed by atoms with Crippen LogP contribution in [0.3, 0.4) is 0 Å². The largest absolute Gasteiger partial charge is 0.480 e. The highest BCUT2D eigenvalue weighted by molar-refractivity contribution is 7.86. The van der Waals surface area contributed by atoms with Gasteiger partial charge in [0.1, 0.15) is 0 Å². The Balaban J connectivity index is 2.20. The number of urea groups is 1. The van der Waals surface area contributed by atoms with Crippen molar-refractivity contribution in [2.45, 2.75) is 30.9 Å². The SMILES string of the molecule is Cc1ccc(S(=O)(=O)O[C@H](C)C(=O)N2C(=O)N(C)C[C@H]2C(=O)O)cc1. The maximum Gasteiger partial charge on any atom is 0.328 e. The summed E-state index contributed by atoms with van der Waals surface area (Å²) in [7, 11) is -2.89. The summed E-state index contributed by atoms with van der Waals surface area (Å²) in [6, 6.07) is 3.59. The number of carbonyl (C=O) groups excluding carboxylic acids is 2. The Morgan fingerprint density at radius 3 is 2.36 bits per heavy atom. The van der Waals surface area contributed by atoms with Crippen molar-refractivity contribution in [3.63, 3.8) is 0 Å². The van der Waals surface area contributed by atoms with Crippen LogP contribution in [0.15, 0.2) is 29.2 Å². The molecule has 1 aromatic carbocycles. The standard InChI is InChI=1S/C15H18N2O7S/c1-9-4-6-11(7-5-9)25(22,23)24-10(2)13(18)17-12(14(19)20)8-16(3)15(17)21/h4-7,10,12H,8H2,1-3H3,(H,19,20)/t10-,12+/m1/s1. The summed E-state index contributed by atoms with van der Waals surface area (Å²) in [4.78, 5) is 37.1. The lowest BCUT2D eigenvalue weighted by atomic mass is 10.2. The molecule has 0 spiro atoms. The molecule has 9 nitrogen and oxygen atoms in total. The Hall–Kier alpha value is -2.46. The van der Waals surface area contributed by atoms with Crippen molar-refractivity contribution in [2.24, 2.45) is 0 Å². The number of carboxylic acid groups (broad SMARTS) is 1. The summed E-state index contributed by atoms with van der Waals surface area (Å²) in [5.74, 6) is -2.39. The molecule has 1 saturated heterocycles. The predicted octanol–water partition coefficient (Wildman–Crippen LogP) is 0.436. The number of likely N-dealkylation sites (N-methyl/N-ethyl adjacent to an activating group) is 1. The Bertz CT molecular complexity index is 804. The van der Waals surface area contributed by atoms with Crippen LogP contribution in [0.5, 0.6) is 0 Å². The van der Waals surface area contributed by atoms with Crippen molar-refractivity contribution < 1.29 is 32.1 Å². The normalized spacial score (nSPS) is 19.2. The fourth-order valence-electron chi connectivity index (χ4n) is 2.36. The molecule has 1 aliphatic heterocycles. The van der Waals surface area contributed by atoms with E-state index in [1.54, 1.807) is 19.1 Å². The van der Waals surface area contributed by atoms with Crippen molar-refractivity contribution in [3.05, 3.63) is 29.8 Å². The van der Waals surface area contributed by atoms with Crippen LogP contribution in [0, 0.1) is 6.92 Å². The maximum atomic E-state index is 12.4. The lowest BCUT2D eigenvalue weighted by Crippen LogP contribution is -2.48. The number of hydrogen-bond acceptors (Lipinski definition) is 6. The highest BCUT2D eigenvalue weighted by Crippen LogP contribution is 2.20. The molecule has 1 aliphatic rings. The van der Waals surface area contributed by atoms with Crippen molar-refractivity contribution in [1.82, 2.24) is 9.80 Å². The molecule has 0 saturated carbocycles. The number of rotatable bonds is 5. The molecule has 1 N–H and O–H groups in total. The number of amides is 3. The average molecular weight is 370 g/mol. The molecule has 3 amide bonds. The molecule has 136 valence electrons. The zero-order valence-corrected chi connectivity index (χ0v) is 14.7. The molecule has 25 heavy (non-hydrogen) atoms. The third-order valence-corrected chi connectivity index (χ3v) is 5.13. The number of benzene rings is 1. The van der Waals surface area contributed by atoms with E-state index in [2.05, 4.69) is 0 Å². The Morgan fingerprint density at radius 1 is 1.28 bits per heavy atom. The van der Waals surface area contributed by atoms with Gasteiger partial charge in [0.05, 0.1) is 11.4 Å². The summed E-state index contributed by atoms with van der Waals surface area (Å²) in [6.07, 6.45) is -1.55. The fourth-order valence-corrected chi connectivity index (χ4v) is 3.40. The predicted molar refractivity (Wildman–Crippen MR) is 85.2 cm³/mol. The number of hydrogen-bond donors (Lipinski definition) is 1. The Labute approximate surface area is 144 Å². The summed E-state index contributed by atoms with van der Waals surface area (Å²) < 4.78 is 29.3. The zero-order valence-electron chi connectivity index (χ0n) is 13.9. The van der Waals surface area contributed by atoms with E-state index in [-0.39, 0.29) is 11.4 Å². The van der Waals surface area contributed by atoms with Gasteiger partial charge < -0.3 is 10.0 Å². The van der Waals surface area contributed by atoms with Crippen molar-refractivity contribution >= 4 is 28.0 Å². The van der Waals surface area contributed by atoms with Crippen LogP contribution in [0.2, 0.25) is 0 Å². The van der Waals surface area contributed by atoms with Crippen LogP contribution >= 0.6 is 0 Å². The summed E-state index contributed by atoms with van der Waals surface area (Å²) in [5, 5.41) is 9.15. The van der Waals surface area contributed by atoms with Crippen LogP contribution in [-0.2, 0) is 23.9 Å². The van der Waals surface area contributed by atoms with Crippen LogP contribution < -0.4 is 0 Å². The van der Waals surface area contributed by atoms with E-state index in [4.69, 9.17) is 9.29 Å². The second-order valence-corrected chi connectivity index (χ2v) is 7.30. The lowest BCUT2D eigenvalue weighted by molar-refractivity contribution is -0.148. The van der Waals surface area contributed by atoms with E-state index in [0.717, 1.165) is 17.4 Å². The highest BCUT2D eigenvalue weighted by Gasteiger charge is 2.45. The molecule has 1 aromatic rings. The molecule has 2 rings (SSSR count). The molecular formula is C15H18N2O7S. The van der Waals surface area contributed by atoms with Crippen LogP contribution in [-0.4, -0.2) is 67.0 Å². The van der Waals surface area contributed by atoms with Crippen LogP contribution in [0.1, 0.15) is 12.5 Å². The second kappa shape index (κ2) is 6.81. The first-order valence-electron chi connectivity index (χ1n) is 7.35. The first-order chi connectivity index (χ1) is 11.5. The fraction of sp³-hybridized carbons (Fsp3) is 0.400. The molecule has 0 bridgehead atoms. The van der Waals surface area contributed by atoms with Gasteiger partial charge in [0, 0.05) is 7.05 Å². The summed E-state index contributed by atoms with van der Waals surface area (Å²) in [5.41, 5.74) is 0.845. The number of carboxylic acids is 1. The third-order valence-electron chi connectivity index (χ3n) is 3.74. The van der Waals surface area contributed by atoms with E-state index in [1.165, 1.54) is 19.2 Å². The quantitative estimate of drug-likeness (QED) is 0.746. The van der Waals surface area contributed by atoms with Gasteiger partial charge in [-0.3, -0.25) is 8.98 Å². The Kier molecular flexibility index (Phi) is 5.14. The molecule has 1 heterocycles. The van der Waals surface area contributed by atoms with E-state index in [9.17, 15) is 22.8 Å². The molecule has 0 aliphatic carbocycles. The van der Waals surface area contributed by atoms with Gasteiger partial charge in [-0.25, -0.2) is 14.5 Å². The van der Waals surface area contributed by atoms with Gasteiger partial charge in [0.15, 0.2) is 12.1 Å². The minimum atomic E-state index is -4.24. The van der Waals surface area contributed by atoms with Gasteiger partial charge >= 0.3 is 12.0 Å². The number of aliphatic carboxylic acids is 1. The molecule has 0 aromatic heterocycles. The highest BCUT2D eigenvalue weighted by atomic mass is 32.2. The van der Waals surface area contributed by atoms with E-state index < -0.39 is 40.2 Å². The van der Waals surface area contributed by atoms with Crippen LogP contribution in [0.4, 0.5) is 4.79 Å². The molecule has 0 unspecified atom stereocenters. The lowest BCUT2D eigenvalue weighted by Gasteiger charge is -2.21. The molecule has 10 heteroatoms.